The Morgan fingerprint density at radius 3 is 2.63 bits per heavy atom. The minimum absolute atomic E-state index is 0.129. The molecule has 0 fully saturated rings. The van der Waals surface area contributed by atoms with Crippen molar-refractivity contribution in [3.05, 3.63) is 34.3 Å². The summed E-state index contributed by atoms with van der Waals surface area (Å²) in [5.41, 5.74) is 0.780. The number of hydrogen-bond donors (Lipinski definition) is 1. The van der Waals surface area contributed by atoms with E-state index in [1.807, 2.05) is 13.0 Å². The molecule has 1 rings (SSSR count). The average molecular weight is 329 g/mol. The molecule has 2 atom stereocenters. The predicted octanol–water partition coefficient (Wildman–Crippen LogP) is 3.03. The molecule has 0 aliphatic heterocycles. The first-order valence-electron chi connectivity index (χ1n) is 6.11. The van der Waals surface area contributed by atoms with E-state index in [1.54, 1.807) is 25.1 Å². The molecule has 0 heterocycles. The largest absolute Gasteiger partial charge is 0.481 e. The SMILES string of the molecule is CCC(C)OC(=O)C(Cc1cccc(Br)c1)C(=O)O. The van der Waals surface area contributed by atoms with Gasteiger partial charge in [0.15, 0.2) is 5.92 Å². The molecule has 0 bridgehead atoms. The molecule has 0 saturated carbocycles. The molecule has 0 aromatic heterocycles. The second kappa shape index (κ2) is 7.28. The third kappa shape index (κ3) is 5.03. The van der Waals surface area contributed by atoms with E-state index in [0.29, 0.717) is 6.42 Å². The first-order valence-corrected chi connectivity index (χ1v) is 6.91. The summed E-state index contributed by atoms with van der Waals surface area (Å²) in [5, 5.41) is 9.15. The van der Waals surface area contributed by atoms with Gasteiger partial charge < -0.3 is 9.84 Å². The summed E-state index contributed by atoms with van der Waals surface area (Å²) >= 11 is 3.31. The summed E-state index contributed by atoms with van der Waals surface area (Å²) in [5.74, 6) is -3.00. The fraction of sp³-hybridized carbons (Fsp3) is 0.429. The number of carboxylic acid groups (broad SMARTS) is 1. The molecule has 2 unspecified atom stereocenters. The van der Waals surface area contributed by atoms with Crippen LogP contribution in [0.15, 0.2) is 28.7 Å². The Hall–Kier alpha value is -1.36. The van der Waals surface area contributed by atoms with Gasteiger partial charge in [-0.1, -0.05) is 35.0 Å². The van der Waals surface area contributed by atoms with Gasteiger partial charge in [0.2, 0.25) is 0 Å². The van der Waals surface area contributed by atoms with Crippen LogP contribution in [0.2, 0.25) is 0 Å². The number of ether oxygens (including phenoxy) is 1. The number of benzene rings is 1. The minimum atomic E-state index is -1.16. The summed E-state index contributed by atoms with van der Waals surface area (Å²) in [7, 11) is 0. The lowest BCUT2D eigenvalue weighted by atomic mass is 9.99. The van der Waals surface area contributed by atoms with Crippen LogP contribution in [0.5, 0.6) is 0 Å². The summed E-state index contributed by atoms with van der Waals surface area (Å²) in [4.78, 5) is 23.0. The van der Waals surface area contributed by atoms with Gasteiger partial charge in [-0.25, -0.2) is 0 Å². The molecule has 4 nitrogen and oxygen atoms in total. The van der Waals surface area contributed by atoms with Crippen molar-refractivity contribution in [2.24, 2.45) is 5.92 Å². The van der Waals surface area contributed by atoms with E-state index < -0.39 is 17.9 Å². The van der Waals surface area contributed by atoms with Crippen LogP contribution in [0.25, 0.3) is 0 Å². The number of rotatable bonds is 6. The number of carbonyl (C=O) groups is 2. The number of esters is 1. The van der Waals surface area contributed by atoms with Crippen LogP contribution >= 0.6 is 15.9 Å². The van der Waals surface area contributed by atoms with Crippen molar-refractivity contribution < 1.29 is 19.4 Å². The standard InChI is InChI=1S/C14H17BrO4/c1-3-9(2)19-14(18)12(13(16)17)8-10-5-4-6-11(15)7-10/h4-7,9,12H,3,8H2,1-2H3,(H,16,17). The Kier molecular flexibility index (Phi) is 6.02. The van der Waals surface area contributed by atoms with Gasteiger partial charge >= 0.3 is 11.9 Å². The van der Waals surface area contributed by atoms with Gasteiger partial charge in [-0.3, -0.25) is 9.59 Å². The maximum Gasteiger partial charge on any atom is 0.320 e. The number of hydrogen-bond acceptors (Lipinski definition) is 3. The van der Waals surface area contributed by atoms with E-state index in [4.69, 9.17) is 9.84 Å². The number of halogens is 1. The van der Waals surface area contributed by atoms with Crippen molar-refractivity contribution in [1.82, 2.24) is 0 Å². The molecule has 0 spiro atoms. The highest BCUT2D eigenvalue weighted by molar-refractivity contribution is 9.10. The van der Waals surface area contributed by atoms with E-state index in [1.165, 1.54) is 0 Å². The molecular weight excluding hydrogens is 312 g/mol. The molecule has 1 aromatic rings. The Bertz CT molecular complexity index is 459. The van der Waals surface area contributed by atoms with E-state index in [0.717, 1.165) is 10.0 Å². The van der Waals surface area contributed by atoms with Crippen LogP contribution in [-0.4, -0.2) is 23.1 Å². The maximum absolute atomic E-state index is 11.8. The van der Waals surface area contributed by atoms with Gasteiger partial charge in [-0.2, -0.15) is 0 Å². The Labute approximate surface area is 120 Å². The summed E-state index contributed by atoms with van der Waals surface area (Å²) in [6.45, 7) is 3.62. The molecular formula is C14H17BrO4. The first-order chi connectivity index (χ1) is 8.93. The lowest BCUT2D eigenvalue weighted by Crippen LogP contribution is -2.30. The fourth-order valence-electron chi connectivity index (χ4n) is 1.53. The zero-order valence-electron chi connectivity index (χ0n) is 10.9. The van der Waals surface area contributed by atoms with Crippen LogP contribution in [0.4, 0.5) is 0 Å². The monoisotopic (exact) mass is 328 g/mol. The predicted molar refractivity (Wildman–Crippen MR) is 74.8 cm³/mol. The zero-order chi connectivity index (χ0) is 14.4. The Morgan fingerprint density at radius 2 is 2.11 bits per heavy atom. The third-order valence-electron chi connectivity index (χ3n) is 2.80. The normalized spacial score (nSPS) is 13.6. The quantitative estimate of drug-likeness (QED) is 0.644. The van der Waals surface area contributed by atoms with Crippen molar-refractivity contribution >= 4 is 27.9 Å². The van der Waals surface area contributed by atoms with E-state index in [-0.39, 0.29) is 12.5 Å². The number of carboxylic acids is 1. The van der Waals surface area contributed by atoms with Gasteiger partial charge in [0.1, 0.15) is 0 Å². The molecule has 1 N–H and O–H groups in total. The molecule has 5 heteroatoms. The highest BCUT2D eigenvalue weighted by Crippen LogP contribution is 2.17. The summed E-state index contributed by atoms with van der Waals surface area (Å²) in [6, 6.07) is 7.23. The summed E-state index contributed by atoms with van der Waals surface area (Å²) in [6.07, 6.45) is 0.524. The third-order valence-corrected chi connectivity index (χ3v) is 3.30. The van der Waals surface area contributed by atoms with E-state index >= 15 is 0 Å². The number of aliphatic carboxylic acids is 1. The second-order valence-electron chi connectivity index (χ2n) is 4.38. The molecule has 1 aromatic carbocycles. The molecule has 0 saturated heterocycles. The topological polar surface area (TPSA) is 63.6 Å². The van der Waals surface area contributed by atoms with Gasteiger partial charge in [0, 0.05) is 4.47 Å². The average Bonchev–Trinajstić information content (AvgIpc) is 2.35. The van der Waals surface area contributed by atoms with Crippen LogP contribution in [0.3, 0.4) is 0 Å². The molecule has 0 aliphatic rings. The lowest BCUT2D eigenvalue weighted by molar-refractivity contribution is -0.161. The molecule has 19 heavy (non-hydrogen) atoms. The highest BCUT2D eigenvalue weighted by Gasteiger charge is 2.29. The molecule has 0 radical (unpaired) electrons. The van der Waals surface area contributed by atoms with Gasteiger partial charge in [0.25, 0.3) is 0 Å². The maximum atomic E-state index is 11.8. The van der Waals surface area contributed by atoms with Crippen LogP contribution in [0.1, 0.15) is 25.8 Å². The van der Waals surface area contributed by atoms with Crippen LogP contribution in [0, 0.1) is 5.92 Å². The first kappa shape index (κ1) is 15.7. The van der Waals surface area contributed by atoms with Crippen LogP contribution in [-0.2, 0) is 20.7 Å². The van der Waals surface area contributed by atoms with Crippen molar-refractivity contribution in [3.63, 3.8) is 0 Å². The Balaban J connectivity index is 2.78. The highest BCUT2D eigenvalue weighted by atomic mass is 79.9. The van der Waals surface area contributed by atoms with Gasteiger partial charge in [0.05, 0.1) is 6.10 Å². The van der Waals surface area contributed by atoms with Crippen molar-refractivity contribution in [2.45, 2.75) is 32.8 Å². The van der Waals surface area contributed by atoms with Crippen molar-refractivity contribution in [1.29, 1.82) is 0 Å². The fourth-order valence-corrected chi connectivity index (χ4v) is 1.98. The second-order valence-corrected chi connectivity index (χ2v) is 5.30. The van der Waals surface area contributed by atoms with E-state index in [2.05, 4.69) is 15.9 Å². The smallest absolute Gasteiger partial charge is 0.320 e. The number of carbonyl (C=O) groups excluding carboxylic acids is 1. The van der Waals surface area contributed by atoms with E-state index in [9.17, 15) is 9.59 Å². The Morgan fingerprint density at radius 1 is 1.42 bits per heavy atom. The zero-order valence-corrected chi connectivity index (χ0v) is 12.5. The van der Waals surface area contributed by atoms with Crippen molar-refractivity contribution in [3.8, 4) is 0 Å². The minimum Gasteiger partial charge on any atom is -0.481 e. The van der Waals surface area contributed by atoms with Gasteiger partial charge in [-0.15, -0.1) is 0 Å². The van der Waals surface area contributed by atoms with Crippen molar-refractivity contribution in [2.75, 3.05) is 0 Å². The molecule has 0 aliphatic carbocycles. The molecule has 0 amide bonds. The lowest BCUT2D eigenvalue weighted by Gasteiger charge is -2.16. The van der Waals surface area contributed by atoms with Crippen LogP contribution < -0.4 is 0 Å². The molecule has 104 valence electrons. The van der Waals surface area contributed by atoms with Gasteiger partial charge in [-0.05, 0) is 37.5 Å². The summed E-state index contributed by atoms with van der Waals surface area (Å²) < 4.78 is 5.95.